The standard InChI is InChI=1S/C20H20N4O4/c1-23(2)18(26)11-13-7-9-14(10-8-13)21-17(25)12-24-20(28)16-6-4-3-5-15(16)19(27)22-24/h3-10H,11-12H2,1-2H3,(H,21,25)(H,22,27). The van der Waals surface area contributed by atoms with Crippen LogP contribution in [0.1, 0.15) is 5.56 Å². The van der Waals surface area contributed by atoms with Gasteiger partial charge in [0.05, 0.1) is 17.2 Å². The lowest BCUT2D eigenvalue weighted by Crippen LogP contribution is -2.34. The Kier molecular flexibility index (Phi) is 5.39. The number of carbonyl (C=O) groups is 2. The van der Waals surface area contributed by atoms with Gasteiger partial charge >= 0.3 is 0 Å². The highest BCUT2D eigenvalue weighted by atomic mass is 16.2. The molecule has 2 N–H and O–H groups in total. The van der Waals surface area contributed by atoms with E-state index in [0.29, 0.717) is 5.69 Å². The maximum Gasteiger partial charge on any atom is 0.273 e. The molecular formula is C20H20N4O4. The maximum atomic E-state index is 12.4. The molecule has 1 aromatic heterocycles. The number of nitrogens with one attached hydrogen (secondary N) is 2. The highest BCUT2D eigenvalue weighted by Gasteiger charge is 2.11. The fourth-order valence-electron chi connectivity index (χ4n) is 2.74. The van der Waals surface area contributed by atoms with E-state index in [2.05, 4.69) is 10.4 Å². The third-order valence-corrected chi connectivity index (χ3v) is 4.28. The van der Waals surface area contributed by atoms with Crippen LogP contribution in [0.3, 0.4) is 0 Å². The Morgan fingerprint density at radius 3 is 2.29 bits per heavy atom. The molecule has 0 atom stereocenters. The average molecular weight is 380 g/mol. The van der Waals surface area contributed by atoms with Crippen molar-refractivity contribution in [2.75, 3.05) is 19.4 Å². The van der Waals surface area contributed by atoms with Crippen LogP contribution in [0.25, 0.3) is 10.8 Å². The fraction of sp³-hybridized carbons (Fsp3) is 0.200. The molecule has 0 aliphatic rings. The first-order valence-electron chi connectivity index (χ1n) is 8.66. The van der Waals surface area contributed by atoms with Crippen molar-refractivity contribution in [3.05, 3.63) is 74.8 Å². The first-order valence-corrected chi connectivity index (χ1v) is 8.66. The summed E-state index contributed by atoms with van der Waals surface area (Å²) in [7, 11) is 3.38. The van der Waals surface area contributed by atoms with Crippen LogP contribution >= 0.6 is 0 Å². The highest BCUT2D eigenvalue weighted by molar-refractivity contribution is 5.91. The smallest absolute Gasteiger partial charge is 0.273 e. The summed E-state index contributed by atoms with van der Waals surface area (Å²) in [6, 6.07) is 13.3. The number of hydrogen-bond acceptors (Lipinski definition) is 4. The zero-order chi connectivity index (χ0) is 20.3. The van der Waals surface area contributed by atoms with Crippen molar-refractivity contribution >= 4 is 28.3 Å². The number of aromatic amines is 1. The molecule has 0 unspecified atom stereocenters. The summed E-state index contributed by atoms with van der Waals surface area (Å²) < 4.78 is 0.990. The van der Waals surface area contributed by atoms with Gasteiger partial charge in [-0.1, -0.05) is 24.3 Å². The molecule has 0 radical (unpaired) electrons. The Bertz CT molecular complexity index is 1140. The van der Waals surface area contributed by atoms with E-state index in [1.165, 1.54) is 4.90 Å². The molecule has 28 heavy (non-hydrogen) atoms. The highest BCUT2D eigenvalue weighted by Crippen LogP contribution is 2.11. The van der Waals surface area contributed by atoms with Crippen LogP contribution in [0.2, 0.25) is 0 Å². The number of benzene rings is 2. The van der Waals surface area contributed by atoms with Crippen LogP contribution in [0.15, 0.2) is 58.1 Å². The van der Waals surface area contributed by atoms with E-state index in [1.807, 2.05) is 0 Å². The first kappa shape index (κ1) is 19.1. The molecule has 0 saturated heterocycles. The van der Waals surface area contributed by atoms with E-state index in [0.717, 1.165) is 10.2 Å². The van der Waals surface area contributed by atoms with Crippen molar-refractivity contribution in [3.63, 3.8) is 0 Å². The molecule has 0 aliphatic carbocycles. The van der Waals surface area contributed by atoms with E-state index >= 15 is 0 Å². The summed E-state index contributed by atoms with van der Waals surface area (Å²) in [6.45, 7) is -0.320. The minimum absolute atomic E-state index is 0.0172. The zero-order valence-corrected chi connectivity index (χ0v) is 15.6. The number of carbonyl (C=O) groups excluding carboxylic acids is 2. The number of likely N-dealkylation sites (N-methyl/N-ethyl adjacent to an activating group) is 1. The Balaban J connectivity index is 1.72. The van der Waals surface area contributed by atoms with E-state index in [4.69, 9.17) is 0 Å². The van der Waals surface area contributed by atoms with Gasteiger partial charge in [-0.25, -0.2) is 4.68 Å². The molecular weight excluding hydrogens is 360 g/mol. The Labute approximate surface area is 160 Å². The summed E-state index contributed by atoms with van der Waals surface area (Å²) in [6.07, 6.45) is 0.273. The number of hydrogen-bond donors (Lipinski definition) is 2. The monoisotopic (exact) mass is 380 g/mol. The molecule has 0 fully saturated rings. The number of aromatic nitrogens is 2. The Morgan fingerprint density at radius 1 is 1.00 bits per heavy atom. The molecule has 3 rings (SSSR count). The van der Waals surface area contributed by atoms with Gasteiger partial charge in [-0.15, -0.1) is 0 Å². The molecule has 1 heterocycles. The summed E-state index contributed by atoms with van der Waals surface area (Å²) >= 11 is 0. The molecule has 8 heteroatoms. The van der Waals surface area contributed by atoms with Gasteiger partial charge in [-0.05, 0) is 29.8 Å². The van der Waals surface area contributed by atoms with Crippen molar-refractivity contribution in [1.82, 2.24) is 14.7 Å². The quantitative estimate of drug-likeness (QED) is 0.688. The van der Waals surface area contributed by atoms with Gasteiger partial charge in [0.2, 0.25) is 11.8 Å². The predicted molar refractivity (Wildman–Crippen MR) is 106 cm³/mol. The lowest BCUT2D eigenvalue weighted by atomic mass is 10.1. The molecule has 144 valence electrons. The molecule has 0 bridgehead atoms. The first-order chi connectivity index (χ1) is 13.3. The van der Waals surface area contributed by atoms with Crippen molar-refractivity contribution in [3.8, 4) is 0 Å². The lowest BCUT2D eigenvalue weighted by molar-refractivity contribution is -0.128. The summed E-state index contributed by atoms with van der Waals surface area (Å²) in [5.41, 5.74) is 0.481. The minimum Gasteiger partial charge on any atom is -0.349 e. The van der Waals surface area contributed by atoms with Crippen LogP contribution in [-0.2, 0) is 22.6 Å². The van der Waals surface area contributed by atoms with Gasteiger partial charge in [0.1, 0.15) is 6.54 Å². The number of fused-ring (bicyclic) bond motifs is 1. The minimum atomic E-state index is -0.454. The van der Waals surface area contributed by atoms with E-state index in [-0.39, 0.29) is 29.6 Å². The van der Waals surface area contributed by atoms with Crippen LogP contribution in [0.4, 0.5) is 5.69 Å². The second-order valence-corrected chi connectivity index (χ2v) is 6.59. The number of amides is 2. The van der Waals surface area contributed by atoms with Crippen LogP contribution in [0.5, 0.6) is 0 Å². The van der Waals surface area contributed by atoms with Crippen molar-refractivity contribution in [2.45, 2.75) is 13.0 Å². The summed E-state index contributed by atoms with van der Waals surface area (Å²) in [5.74, 6) is -0.471. The van der Waals surface area contributed by atoms with Crippen molar-refractivity contribution in [1.29, 1.82) is 0 Å². The van der Waals surface area contributed by atoms with Crippen LogP contribution < -0.4 is 16.4 Å². The summed E-state index contributed by atoms with van der Waals surface area (Å²) in [4.78, 5) is 50.1. The number of H-pyrrole nitrogens is 1. The van der Waals surface area contributed by atoms with Gasteiger partial charge in [0.25, 0.3) is 11.1 Å². The van der Waals surface area contributed by atoms with E-state index in [9.17, 15) is 19.2 Å². The molecule has 0 saturated carbocycles. The number of nitrogens with zero attached hydrogens (tertiary/aromatic N) is 2. The largest absolute Gasteiger partial charge is 0.349 e. The zero-order valence-electron chi connectivity index (χ0n) is 15.6. The van der Waals surface area contributed by atoms with Crippen LogP contribution in [-0.4, -0.2) is 40.6 Å². The second-order valence-electron chi connectivity index (χ2n) is 6.59. The molecule has 0 aliphatic heterocycles. The third-order valence-electron chi connectivity index (χ3n) is 4.28. The molecule has 3 aromatic rings. The Morgan fingerprint density at radius 2 is 1.64 bits per heavy atom. The third kappa shape index (κ3) is 4.17. The molecule has 2 aromatic carbocycles. The van der Waals surface area contributed by atoms with E-state index < -0.39 is 17.0 Å². The maximum absolute atomic E-state index is 12.4. The molecule has 0 spiro atoms. The van der Waals surface area contributed by atoms with Gasteiger partial charge in [0, 0.05) is 19.8 Å². The normalized spacial score (nSPS) is 10.6. The van der Waals surface area contributed by atoms with Crippen LogP contribution in [0, 0.1) is 0 Å². The fourth-order valence-corrected chi connectivity index (χ4v) is 2.74. The van der Waals surface area contributed by atoms with Gasteiger partial charge in [-0.2, -0.15) is 0 Å². The molecule has 8 nitrogen and oxygen atoms in total. The van der Waals surface area contributed by atoms with Gasteiger partial charge < -0.3 is 10.2 Å². The van der Waals surface area contributed by atoms with Crippen molar-refractivity contribution < 1.29 is 9.59 Å². The summed E-state index contributed by atoms with van der Waals surface area (Å²) in [5, 5.41) is 5.64. The predicted octanol–water partition coefficient (Wildman–Crippen LogP) is 0.959. The average Bonchev–Trinajstić information content (AvgIpc) is 2.67. The van der Waals surface area contributed by atoms with Crippen molar-refractivity contribution in [2.24, 2.45) is 0 Å². The number of anilines is 1. The van der Waals surface area contributed by atoms with Gasteiger partial charge in [-0.3, -0.25) is 24.3 Å². The number of rotatable bonds is 5. The topological polar surface area (TPSA) is 104 Å². The van der Waals surface area contributed by atoms with E-state index in [1.54, 1.807) is 62.6 Å². The van der Waals surface area contributed by atoms with Gasteiger partial charge in [0.15, 0.2) is 0 Å². The SMILES string of the molecule is CN(C)C(=O)Cc1ccc(NC(=O)Cn2[nH]c(=O)c3ccccc3c2=O)cc1. The molecule has 2 amide bonds. The second kappa shape index (κ2) is 7.91. The lowest BCUT2D eigenvalue weighted by Gasteiger charge is -2.11. The Hall–Kier alpha value is -3.68.